The predicted octanol–water partition coefficient (Wildman–Crippen LogP) is 0.0944. The molecule has 0 unspecified atom stereocenters. The molecule has 4 N–H and O–H groups in total. The maximum atomic E-state index is 11.1. The van der Waals surface area contributed by atoms with Crippen molar-refractivity contribution in [1.29, 1.82) is 0 Å². The summed E-state index contributed by atoms with van der Waals surface area (Å²) in [6.45, 7) is 0. The van der Waals surface area contributed by atoms with Crippen LogP contribution in [-0.4, -0.2) is 103 Å². The Morgan fingerprint density at radius 3 is 0.788 bits per heavy atom. The van der Waals surface area contributed by atoms with E-state index >= 15 is 0 Å². The molecule has 0 saturated heterocycles. The summed E-state index contributed by atoms with van der Waals surface area (Å²) in [5, 5.41) is 32.7. The first-order valence-corrected chi connectivity index (χ1v) is 21.9. The standard InChI is InChI=1S/2C6H10Ge2O7.CH4.O.Tc/c2*9-5(10)1-3-7(13)15-8(14)4-2-6(11)12;;;/h2*1-4H2,(H,9,10)(H,11,12);1H4;;/i;;;;1+1. The quantitative estimate of drug-likeness (QED) is 0.151. The van der Waals surface area contributed by atoms with Gasteiger partial charge in [-0.15, -0.1) is 0 Å². The van der Waals surface area contributed by atoms with E-state index in [1.165, 1.54) is 0 Å². The molecule has 0 bridgehead atoms. The van der Waals surface area contributed by atoms with Crippen molar-refractivity contribution in [2.24, 2.45) is 0 Å². The zero-order valence-corrected chi connectivity index (χ0v) is 26.6. The maximum absolute atomic E-state index is 11.1. The van der Waals surface area contributed by atoms with E-state index in [0.717, 1.165) is 18.9 Å². The third-order valence-corrected chi connectivity index (χ3v) is 20.0. The van der Waals surface area contributed by atoms with Crippen molar-refractivity contribution in [3.63, 3.8) is 0 Å². The Labute approximate surface area is 217 Å². The second-order valence-electron chi connectivity index (χ2n) is 5.27. The summed E-state index contributed by atoms with van der Waals surface area (Å²) in [4.78, 5) is 40.4. The minimum absolute atomic E-state index is 0. The number of carboxylic acids is 4. The van der Waals surface area contributed by atoms with Crippen LogP contribution in [0.5, 0.6) is 0 Å². The SMILES string of the molecule is C.O=C(O)C[CH2][Ge](=[O])[O][Ge](=[O])[CH2]CC(=O)O.O=C(O)C[CH2][Ge](=[O])[O][Ge](=[O])[CH2]CC(=O)O.[O]=[99Tc]. The van der Waals surface area contributed by atoms with Crippen LogP contribution < -0.4 is 0 Å². The van der Waals surface area contributed by atoms with Crippen LogP contribution in [0.15, 0.2) is 0 Å². The molecule has 0 amide bonds. The fourth-order valence-corrected chi connectivity index (χ4v) is 16.7. The van der Waals surface area contributed by atoms with Gasteiger partial charge in [0.15, 0.2) is 0 Å². The number of hydrogen-bond donors (Lipinski definition) is 4. The first-order valence-electron chi connectivity index (χ1n) is 8.33. The summed E-state index contributed by atoms with van der Waals surface area (Å²) in [6.07, 6.45) is -1.10. The monoisotopic (exact) mass is 815 g/mol. The Morgan fingerprint density at radius 2 is 0.667 bits per heavy atom. The zero-order valence-electron chi connectivity index (χ0n) is 16.3. The van der Waals surface area contributed by atoms with E-state index in [9.17, 15) is 34.3 Å². The van der Waals surface area contributed by atoms with Crippen LogP contribution in [0.25, 0.3) is 0 Å². The van der Waals surface area contributed by atoms with E-state index < -0.39 is 82.4 Å². The van der Waals surface area contributed by atoms with Crippen LogP contribution in [0.3, 0.4) is 0 Å². The van der Waals surface area contributed by atoms with Crippen molar-refractivity contribution in [1.82, 2.24) is 0 Å². The number of hydrogen-bond acceptors (Lipinski definition) is 11. The number of rotatable bonds is 16. The van der Waals surface area contributed by atoms with Gasteiger partial charge in [0.25, 0.3) is 0 Å². The summed E-state index contributed by atoms with van der Waals surface area (Å²) >= 11 is -11.9. The Hall–Kier alpha value is -0.699. The molecule has 189 valence electrons. The molecule has 0 atom stereocenters. The van der Waals surface area contributed by atoms with Crippen LogP contribution in [-0.2, 0) is 62.2 Å². The van der Waals surface area contributed by atoms with Crippen LogP contribution in [0.4, 0.5) is 0 Å². The van der Waals surface area contributed by atoms with Crippen LogP contribution in [0.1, 0.15) is 33.1 Å². The molecule has 0 aromatic heterocycles. The molecular formula is C13H24Ge4O15Tc. The molecule has 33 heavy (non-hydrogen) atoms. The van der Waals surface area contributed by atoms with Crippen LogP contribution in [0, 0.1) is 0 Å². The van der Waals surface area contributed by atoms with Gasteiger partial charge in [-0.25, -0.2) is 0 Å². The Balaban J connectivity index is -0.000000230. The molecule has 0 heterocycles. The first-order chi connectivity index (χ1) is 14.8. The number of aliphatic carboxylic acids is 4. The molecular weight excluding hydrogens is 785 g/mol. The van der Waals surface area contributed by atoms with E-state index in [-0.39, 0.29) is 54.1 Å². The third-order valence-electron chi connectivity index (χ3n) is 2.63. The predicted molar refractivity (Wildman–Crippen MR) is 104 cm³/mol. The Bertz CT molecular complexity index is 600. The van der Waals surface area contributed by atoms with Crippen LogP contribution in [0.2, 0.25) is 21.0 Å². The van der Waals surface area contributed by atoms with Crippen molar-refractivity contribution < 1.29 is 82.7 Å². The molecule has 0 aromatic rings. The summed E-state index contributed by atoms with van der Waals surface area (Å²) in [6, 6.07) is 0. The van der Waals surface area contributed by atoms with E-state index in [2.05, 4.69) is 5.58 Å². The third kappa shape index (κ3) is 36.1. The molecule has 0 aliphatic heterocycles. The van der Waals surface area contributed by atoms with Gasteiger partial charge in [0, 0.05) is 0 Å². The average Bonchev–Trinajstić information content (AvgIpc) is 2.69. The average molecular weight is 810 g/mol. The van der Waals surface area contributed by atoms with Crippen molar-refractivity contribution in [2.45, 2.75) is 54.1 Å². The Morgan fingerprint density at radius 1 is 0.515 bits per heavy atom. The first kappa shape index (κ1) is 39.5. The number of carboxylic acid groups (broad SMARTS) is 4. The van der Waals surface area contributed by atoms with Gasteiger partial charge in [-0.3, -0.25) is 0 Å². The van der Waals surface area contributed by atoms with Crippen molar-refractivity contribution in [2.75, 3.05) is 0 Å². The van der Waals surface area contributed by atoms with Gasteiger partial charge in [0.2, 0.25) is 0 Å². The fraction of sp³-hybridized carbons (Fsp3) is 0.692. The molecule has 0 radical (unpaired) electrons. The van der Waals surface area contributed by atoms with Gasteiger partial charge in [-0.1, -0.05) is 7.43 Å². The minimum atomic E-state index is -3.20. The molecule has 0 saturated carbocycles. The van der Waals surface area contributed by atoms with Gasteiger partial charge >= 0.3 is 212 Å². The molecule has 0 aromatic carbocycles. The summed E-state index contributed by atoms with van der Waals surface area (Å²) < 4.78 is 61.8. The molecule has 20 heteroatoms. The normalized spacial score (nSPS) is 8.61. The number of carbonyl (C=O) groups is 4. The molecule has 0 aliphatic carbocycles. The molecule has 0 rings (SSSR count). The molecule has 0 spiro atoms. The second kappa shape index (κ2) is 25.9. The van der Waals surface area contributed by atoms with Crippen molar-refractivity contribution in [3.05, 3.63) is 0 Å². The molecule has 0 fully saturated rings. The van der Waals surface area contributed by atoms with E-state index in [1.54, 1.807) is 0 Å². The molecule has 15 nitrogen and oxygen atoms in total. The van der Waals surface area contributed by atoms with Gasteiger partial charge in [-0.05, 0) is 0 Å². The van der Waals surface area contributed by atoms with Gasteiger partial charge in [0.05, 0.1) is 0 Å². The summed E-state index contributed by atoms with van der Waals surface area (Å²) in [7, 11) is 0. The van der Waals surface area contributed by atoms with E-state index in [1.807, 2.05) is 0 Å². The van der Waals surface area contributed by atoms with Crippen LogP contribution >= 0.6 is 0 Å². The van der Waals surface area contributed by atoms with E-state index in [0.29, 0.717) is 0 Å². The van der Waals surface area contributed by atoms with Crippen molar-refractivity contribution >= 4 is 82.4 Å². The van der Waals surface area contributed by atoms with E-state index in [4.69, 9.17) is 23.9 Å². The fourth-order valence-electron chi connectivity index (χ4n) is 1.29. The van der Waals surface area contributed by atoms with Gasteiger partial charge < -0.3 is 0 Å². The van der Waals surface area contributed by atoms with Gasteiger partial charge in [0.1, 0.15) is 0 Å². The Kier molecular flexibility index (Phi) is 31.0. The summed E-state index contributed by atoms with van der Waals surface area (Å²) in [5.41, 5.74) is 0. The second-order valence-corrected chi connectivity index (χ2v) is 21.0. The topological polar surface area (TPSA) is 253 Å². The van der Waals surface area contributed by atoms with Gasteiger partial charge in [-0.2, -0.15) is 0 Å². The van der Waals surface area contributed by atoms with Crippen molar-refractivity contribution in [3.8, 4) is 0 Å². The zero-order chi connectivity index (χ0) is 25.7. The molecule has 0 aliphatic rings. The summed E-state index contributed by atoms with van der Waals surface area (Å²) in [5.74, 6) is -4.34.